The van der Waals surface area contributed by atoms with Crippen LogP contribution in [0, 0.1) is 0 Å². The monoisotopic (exact) mass is 298 g/mol. The molecule has 2 amide bonds. The number of carbonyl (C=O) groups is 2. The smallest absolute Gasteiger partial charge is 0.335 e. The van der Waals surface area contributed by atoms with Crippen molar-refractivity contribution in [2.24, 2.45) is 0 Å². The first kappa shape index (κ1) is 15.6. The van der Waals surface area contributed by atoms with Gasteiger partial charge in [0.1, 0.15) is 0 Å². The molecule has 0 spiro atoms. The molecule has 2 aromatic rings. The Morgan fingerprint density at radius 2 is 1.68 bits per heavy atom. The van der Waals surface area contributed by atoms with E-state index in [1.807, 2.05) is 37.3 Å². The maximum absolute atomic E-state index is 12.2. The molecule has 5 heteroatoms. The van der Waals surface area contributed by atoms with Gasteiger partial charge < -0.3 is 10.4 Å². The van der Waals surface area contributed by atoms with Crippen molar-refractivity contribution in [3.8, 4) is 0 Å². The van der Waals surface area contributed by atoms with Crippen molar-refractivity contribution in [1.82, 2.24) is 5.32 Å². The second-order valence-electron chi connectivity index (χ2n) is 4.74. The highest BCUT2D eigenvalue weighted by Crippen LogP contribution is 2.13. The van der Waals surface area contributed by atoms with Gasteiger partial charge in [0.2, 0.25) is 0 Å². The lowest BCUT2D eigenvalue weighted by molar-refractivity contribution is 0.0697. The highest BCUT2D eigenvalue weighted by molar-refractivity contribution is 5.91. The number of aromatic carboxylic acids is 1. The van der Waals surface area contributed by atoms with Crippen LogP contribution in [0.3, 0.4) is 0 Å². The van der Waals surface area contributed by atoms with Crippen LogP contribution in [0.4, 0.5) is 10.5 Å². The van der Waals surface area contributed by atoms with Gasteiger partial charge in [-0.2, -0.15) is 0 Å². The van der Waals surface area contributed by atoms with E-state index in [0.29, 0.717) is 13.1 Å². The molecular formula is C17H18N2O3. The molecule has 0 saturated carbocycles. The summed E-state index contributed by atoms with van der Waals surface area (Å²) in [7, 11) is 0. The molecule has 0 aliphatic heterocycles. The van der Waals surface area contributed by atoms with Crippen LogP contribution in [0.2, 0.25) is 0 Å². The summed E-state index contributed by atoms with van der Waals surface area (Å²) in [6.45, 7) is 2.82. The largest absolute Gasteiger partial charge is 0.478 e. The van der Waals surface area contributed by atoms with Crippen molar-refractivity contribution in [3.05, 3.63) is 65.7 Å². The van der Waals surface area contributed by atoms with Crippen LogP contribution in [0.25, 0.3) is 0 Å². The number of rotatable bonds is 5. The minimum atomic E-state index is -0.961. The second-order valence-corrected chi connectivity index (χ2v) is 4.74. The van der Waals surface area contributed by atoms with Gasteiger partial charge in [-0.3, -0.25) is 4.90 Å². The highest BCUT2D eigenvalue weighted by Gasteiger charge is 2.12. The summed E-state index contributed by atoms with van der Waals surface area (Å²) in [5.74, 6) is -0.961. The van der Waals surface area contributed by atoms with Crippen molar-refractivity contribution in [2.75, 3.05) is 11.4 Å². The van der Waals surface area contributed by atoms with Crippen LogP contribution in [-0.4, -0.2) is 23.7 Å². The van der Waals surface area contributed by atoms with Gasteiger partial charge in [-0.15, -0.1) is 0 Å². The molecule has 2 aromatic carbocycles. The van der Waals surface area contributed by atoms with E-state index < -0.39 is 5.97 Å². The van der Waals surface area contributed by atoms with E-state index in [2.05, 4.69) is 5.32 Å². The SMILES string of the molecule is CCN(C(=O)NCc1ccc(C(=O)O)cc1)c1ccccc1. The Morgan fingerprint density at radius 1 is 1.05 bits per heavy atom. The van der Waals surface area contributed by atoms with Crippen molar-refractivity contribution < 1.29 is 14.7 Å². The summed E-state index contributed by atoms with van der Waals surface area (Å²) >= 11 is 0. The number of nitrogens with one attached hydrogen (secondary N) is 1. The molecule has 0 aliphatic carbocycles. The third-order valence-electron chi connectivity index (χ3n) is 3.27. The average molecular weight is 298 g/mol. The van der Waals surface area contributed by atoms with Crippen molar-refractivity contribution in [2.45, 2.75) is 13.5 Å². The molecule has 2 rings (SSSR count). The Kier molecular flexibility index (Phi) is 5.14. The lowest BCUT2D eigenvalue weighted by Gasteiger charge is -2.21. The first-order chi connectivity index (χ1) is 10.6. The van der Waals surface area contributed by atoms with Gasteiger partial charge in [-0.1, -0.05) is 30.3 Å². The van der Waals surface area contributed by atoms with E-state index in [4.69, 9.17) is 5.11 Å². The van der Waals surface area contributed by atoms with Gasteiger partial charge in [-0.25, -0.2) is 9.59 Å². The normalized spacial score (nSPS) is 10.0. The summed E-state index contributed by atoms with van der Waals surface area (Å²) in [6, 6.07) is 15.7. The van der Waals surface area contributed by atoms with Crippen molar-refractivity contribution in [1.29, 1.82) is 0 Å². The number of carboxylic acid groups (broad SMARTS) is 1. The fraction of sp³-hybridized carbons (Fsp3) is 0.176. The molecule has 0 aliphatic rings. The molecule has 0 aromatic heterocycles. The van der Waals surface area contributed by atoms with Crippen LogP contribution in [0.1, 0.15) is 22.8 Å². The van der Waals surface area contributed by atoms with E-state index in [0.717, 1.165) is 11.3 Å². The number of carbonyl (C=O) groups excluding carboxylic acids is 1. The molecule has 0 saturated heterocycles. The first-order valence-electron chi connectivity index (χ1n) is 7.04. The predicted molar refractivity (Wildman–Crippen MR) is 85.1 cm³/mol. The number of hydrogen-bond acceptors (Lipinski definition) is 2. The molecule has 0 radical (unpaired) electrons. The van der Waals surface area contributed by atoms with E-state index >= 15 is 0 Å². The van der Waals surface area contributed by atoms with E-state index in [9.17, 15) is 9.59 Å². The Balaban J connectivity index is 1.98. The molecule has 5 nitrogen and oxygen atoms in total. The van der Waals surface area contributed by atoms with Gasteiger partial charge in [-0.05, 0) is 36.8 Å². The Hall–Kier alpha value is -2.82. The predicted octanol–water partition coefficient (Wildman–Crippen LogP) is 3.12. The number of para-hydroxylation sites is 1. The topological polar surface area (TPSA) is 69.6 Å². The Labute approximate surface area is 129 Å². The van der Waals surface area contributed by atoms with E-state index in [-0.39, 0.29) is 11.6 Å². The average Bonchev–Trinajstić information content (AvgIpc) is 2.55. The molecular weight excluding hydrogens is 280 g/mol. The molecule has 0 unspecified atom stereocenters. The molecule has 0 atom stereocenters. The van der Waals surface area contributed by atoms with Crippen LogP contribution >= 0.6 is 0 Å². The molecule has 0 bridgehead atoms. The number of amides is 2. The number of benzene rings is 2. The van der Waals surface area contributed by atoms with Crippen molar-refractivity contribution in [3.63, 3.8) is 0 Å². The summed E-state index contributed by atoms with van der Waals surface area (Å²) in [6.07, 6.45) is 0. The number of carboxylic acids is 1. The summed E-state index contributed by atoms with van der Waals surface area (Å²) in [4.78, 5) is 24.7. The van der Waals surface area contributed by atoms with Gasteiger partial charge in [0, 0.05) is 18.8 Å². The van der Waals surface area contributed by atoms with E-state index in [1.54, 1.807) is 17.0 Å². The molecule has 0 fully saturated rings. The Bertz CT molecular complexity index is 639. The number of anilines is 1. The standard InChI is InChI=1S/C17H18N2O3/c1-2-19(15-6-4-3-5-7-15)17(22)18-12-13-8-10-14(11-9-13)16(20)21/h3-11H,2,12H2,1H3,(H,18,22)(H,20,21). The van der Waals surface area contributed by atoms with Gasteiger partial charge in [0.25, 0.3) is 0 Å². The lowest BCUT2D eigenvalue weighted by Crippen LogP contribution is -2.39. The number of urea groups is 1. The fourth-order valence-electron chi connectivity index (χ4n) is 2.09. The fourth-order valence-corrected chi connectivity index (χ4v) is 2.09. The maximum Gasteiger partial charge on any atom is 0.335 e. The minimum Gasteiger partial charge on any atom is -0.478 e. The van der Waals surface area contributed by atoms with Gasteiger partial charge in [0.15, 0.2) is 0 Å². The third kappa shape index (κ3) is 3.85. The van der Waals surface area contributed by atoms with Crippen LogP contribution in [0.5, 0.6) is 0 Å². The zero-order valence-electron chi connectivity index (χ0n) is 12.3. The second kappa shape index (κ2) is 7.26. The molecule has 22 heavy (non-hydrogen) atoms. The zero-order chi connectivity index (χ0) is 15.9. The first-order valence-corrected chi connectivity index (χ1v) is 7.04. The summed E-state index contributed by atoms with van der Waals surface area (Å²) in [5.41, 5.74) is 1.92. The summed E-state index contributed by atoms with van der Waals surface area (Å²) < 4.78 is 0. The zero-order valence-corrected chi connectivity index (χ0v) is 12.3. The van der Waals surface area contributed by atoms with E-state index in [1.165, 1.54) is 12.1 Å². The molecule has 114 valence electrons. The third-order valence-corrected chi connectivity index (χ3v) is 3.27. The quantitative estimate of drug-likeness (QED) is 0.891. The van der Waals surface area contributed by atoms with Crippen LogP contribution in [-0.2, 0) is 6.54 Å². The number of hydrogen-bond donors (Lipinski definition) is 2. The molecule has 2 N–H and O–H groups in total. The molecule has 0 heterocycles. The van der Waals surface area contributed by atoms with Gasteiger partial charge in [0.05, 0.1) is 5.56 Å². The van der Waals surface area contributed by atoms with Crippen LogP contribution < -0.4 is 10.2 Å². The maximum atomic E-state index is 12.2. The highest BCUT2D eigenvalue weighted by atomic mass is 16.4. The summed E-state index contributed by atoms with van der Waals surface area (Å²) in [5, 5.41) is 11.7. The van der Waals surface area contributed by atoms with Crippen molar-refractivity contribution >= 4 is 17.7 Å². The van der Waals surface area contributed by atoms with Gasteiger partial charge >= 0.3 is 12.0 Å². The lowest BCUT2D eigenvalue weighted by atomic mass is 10.1. The van der Waals surface area contributed by atoms with Crippen LogP contribution in [0.15, 0.2) is 54.6 Å². The minimum absolute atomic E-state index is 0.184. The number of nitrogens with zero attached hydrogens (tertiary/aromatic N) is 1. The Morgan fingerprint density at radius 3 is 2.23 bits per heavy atom.